The van der Waals surface area contributed by atoms with E-state index in [-0.39, 0.29) is 30.1 Å². The highest BCUT2D eigenvalue weighted by molar-refractivity contribution is 14.0. The third-order valence-corrected chi connectivity index (χ3v) is 4.34. The Morgan fingerprint density at radius 3 is 2.35 bits per heavy atom. The fourth-order valence-electron chi connectivity index (χ4n) is 2.94. The number of guanidine groups is 1. The maximum Gasteiger partial charge on any atom is 0.191 e. The molecule has 1 aliphatic rings. The second kappa shape index (κ2) is 14.3. The molecule has 0 heterocycles. The fourth-order valence-corrected chi connectivity index (χ4v) is 2.94. The second-order valence-electron chi connectivity index (χ2n) is 7.01. The molecule has 23 heavy (non-hydrogen) atoms. The van der Waals surface area contributed by atoms with Gasteiger partial charge in [0.15, 0.2) is 5.96 Å². The van der Waals surface area contributed by atoms with Crippen molar-refractivity contribution in [2.45, 2.75) is 90.7 Å². The smallest absolute Gasteiger partial charge is 0.191 e. The SMILES string of the molecule is CCNC(=NCCCCCCC(C)C)NC1CCC(O)CC1.I. The number of unbranched alkanes of at least 4 members (excludes halogenated alkanes) is 3. The van der Waals surface area contributed by atoms with E-state index in [2.05, 4.69) is 31.4 Å². The van der Waals surface area contributed by atoms with Crippen LogP contribution in [0.4, 0.5) is 0 Å². The summed E-state index contributed by atoms with van der Waals surface area (Å²) in [7, 11) is 0. The Bertz CT molecular complexity index is 303. The van der Waals surface area contributed by atoms with Gasteiger partial charge in [0, 0.05) is 19.1 Å². The summed E-state index contributed by atoms with van der Waals surface area (Å²) in [4.78, 5) is 4.69. The monoisotopic (exact) mass is 439 g/mol. The molecule has 0 aromatic rings. The number of nitrogens with one attached hydrogen (secondary N) is 2. The highest BCUT2D eigenvalue weighted by atomic mass is 127. The van der Waals surface area contributed by atoms with E-state index in [9.17, 15) is 5.11 Å². The van der Waals surface area contributed by atoms with Gasteiger partial charge in [-0.3, -0.25) is 4.99 Å². The minimum absolute atomic E-state index is 0. The molecule has 0 aromatic carbocycles. The normalized spacial score (nSPS) is 21.9. The molecule has 1 saturated carbocycles. The Morgan fingerprint density at radius 1 is 1.09 bits per heavy atom. The van der Waals surface area contributed by atoms with E-state index < -0.39 is 0 Å². The van der Waals surface area contributed by atoms with Crippen molar-refractivity contribution < 1.29 is 5.11 Å². The van der Waals surface area contributed by atoms with Gasteiger partial charge >= 0.3 is 0 Å². The van der Waals surface area contributed by atoms with Crippen LogP contribution >= 0.6 is 24.0 Å². The van der Waals surface area contributed by atoms with Crippen molar-refractivity contribution in [2.75, 3.05) is 13.1 Å². The van der Waals surface area contributed by atoms with Gasteiger partial charge in [-0.1, -0.05) is 39.5 Å². The molecule has 0 aliphatic heterocycles. The minimum Gasteiger partial charge on any atom is -0.393 e. The van der Waals surface area contributed by atoms with Crippen molar-refractivity contribution in [3.63, 3.8) is 0 Å². The molecule has 0 radical (unpaired) electrons. The number of halogens is 1. The van der Waals surface area contributed by atoms with Crippen molar-refractivity contribution in [3.8, 4) is 0 Å². The van der Waals surface area contributed by atoms with Gasteiger partial charge in [0.2, 0.25) is 0 Å². The quantitative estimate of drug-likeness (QED) is 0.220. The van der Waals surface area contributed by atoms with Crippen molar-refractivity contribution >= 4 is 29.9 Å². The summed E-state index contributed by atoms with van der Waals surface area (Å²) < 4.78 is 0. The van der Waals surface area contributed by atoms with Gasteiger partial charge in [0.05, 0.1) is 6.10 Å². The third kappa shape index (κ3) is 12.0. The Labute approximate surface area is 160 Å². The topological polar surface area (TPSA) is 56.7 Å². The van der Waals surface area contributed by atoms with Crippen molar-refractivity contribution in [3.05, 3.63) is 0 Å². The Balaban J connectivity index is 0.00000484. The first kappa shape index (κ1) is 23.0. The molecule has 5 heteroatoms. The summed E-state index contributed by atoms with van der Waals surface area (Å²) in [6, 6.07) is 0.465. The van der Waals surface area contributed by atoms with Crippen LogP contribution in [-0.2, 0) is 0 Å². The van der Waals surface area contributed by atoms with Gasteiger partial charge < -0.3 is 15.7 Å². The predicted octanol–water partition coefficient (Wildman–Crippen LogP) is 4.07. The van der Waals surface area contributed by atoms with Gasteiger partial charge in [-0.05, 0) is 44.9 Å². The number of rotatable bonds is 9. The highest BCUT2D eigenvalue weighted by Gasteiger charge is 2.19. The molecular weight excluding hydrogens is 401 g/mol. The summed E-state index contributed by atoms with van der Waals surface area (Å²) in [5, 5.41) is 16.4. The van der Waals surface area contributed by atoms with Crippen molar-refractivity contribution in [2.24, 2.45) is 10.9 Å². The first-order valence-corrected chi connectivity index (χ1v) is 9.34. The number of aliphatic hydroxyl groups is 1. The molecular formula is C18H38IN3O. The fraction of sp³-hybridized carbons (Fsp3) is 0.944. The van der Waals surface area contributed by atoms with E-state index in [0.29, 0.717) is 6.04 Å². The molecule has 0 unspecified atom stereocenters. The third-order valence-electron chi connectivity index (χ3n) is 4.34. The van der Waals surface area contributed by atoms with Crippen molar-refractivity contribution in [1.82, 2.24) is 10.6 Å². The van der Waals surface area contributed by atoms with Gasteiger partial charge in [0.25, 0.3) is 0 Å². The predicted molar refractivity (Wildman–Crippen MR) is 111 cm³/mol. The van der Waals surface area contributed by atoms with E-state index >= 15 is 0 Å². The van der Waals surface area contributed by atoms with Crippen LogP contribution in [0.15, 0.2) is 4.99 Å². The summed E-state index contributed by atoms with van der Waals surface area (Å²) in [5.74, 6) is 1.78. The lowest BCUT2D eigenvalue weighted by atomic mass is 9.93. The van der Waals surface area contributed by atoms with Gasteiger partial charge in [-0.25, -0.2) is 0 Å². The lowest BCUT2D eigenvalue weighted by Crippen LogP contribution is -2.45. The largest absolute Gasteiger partial charge is 0.393 e. The zero-order valence-electron chi connectivity index (χ0n) is 15.3. The Morgan fingerprint density at radius 2 is 1.74 bits per heavy atom. The van der Waals surface area contributed by atoms with Crippen LogP contribution in [0.5, 0.6) is 0 Å². The van der Waals surface area contributed by atoms with Gasteiger partial charge in [0.1, 0.15) is 0 Å². The molecule has 1 fully saturated rings. The van der Waals surface area contributed by atoms with Crippen molar-refractivity contribution in [1.29, 1.82) is 0 Å². The number of nitrogens with zero attached hydrogens (tertiary/aromatic N) is 1. The minimum atomic E-state index is -0.0941. The standard InChI is InChI=1S/C18H37N3O.HI/c1-4-19-18(21-16-10-12-17(22)13-11-16)20-14-8-6-5-7-9-15(2)3;/h15-17,22H,4-14H2,1-3H3,(H2,19,20,21);1H. The lowest BCUT2D eigenvalue weighted by Gasteiger charge is -2.27. The van der Waals surface area contributed by atoms with Crippen LogP contribution in [0.1, 0.15) is 78.6 Å². The van der Waals surface area contributed by atoms with Crippen LogP contribution in [0.3, 0.4) is 0 Å². The zero-order chi connectivity index (χ0) is 16.2. The summed E-state index contributed by atoms with van der Waals surface area (Å²) in [5.41, 5.74) is 0. The number of aliphatic hydroxyl groups excluding tert-OH is 1. The number of hydrogen-bond donors (Lipinski definition) is 3. The Kier molecular flexibility index (Phi) is 14.3. The molecule has 1 aliphatic carbocycles. The molecule has 138 valence electrons. The Hall–Kier alpha value is -0.0400. The van der Waals surface area contributed by atoms with Crippen LogP contribution in [0.25, 0.3) is 0 Å². The maximum absolute atomic E-state index is 9.57. The summed E-state index contributed by atoms with van der Waals surface area (Å²) in [6.45, 7) is 8.50. The molecule has 0 amide bonds. The highest BCUT2D eigenvalue weighted by Crippen LogP contribution is 2.18. The number of hydrogen-bond acceptors (Lipinski definition) is 2. The molecule has 4 nitrogen and oxygen atoms in total. The molecule has 1 rings (SSSR count). The van der Waals surface area contributed by atoms with Crippen LogP contribution in [0.2, 0.25) is 0 Å². The molecule has 0 bridgehead atoms. The molecule has 0 aromatic heterocycles. The van der Waals surface area contributed by atoms with E-state index in [0.717, 1.165) is 50.7 Å². The molecule has 0 spiro atoms. The zero-order valence-corrected chi connectivity index (χ0v) is 17.6. The first-order chi connectivity index (χ1) is 10.6. The first-order valence-electron chi connectivity index (χ1n) is 9.34. The van der Waals surface area contributed by atoms with Crippen LogP contribution in [-0.4, -0.2) is 36.3 Å². The lowest BCUT2D eigenvalue weighted by molar-refractivity contribution is 0.120. The van der Waals surface area contributed by atoms with Gasteiger partial charge in [-0.15, -0.1) is 24.0 Å². The molecule has 0 saturated heterocycles. The molecule has 3 N–H and O–H groups in total. The van der Waals surface area contributed by atoms with Gasteiger partial charge in [-0.2, -0.15) is 0 Å². The van der Waals surface area contributed by atoms with E-state index in [1.54, 1.807) is 0 Å². The summed E-state index contributed by atoms with van der Waals surface area (Å²) in [6.07, 6.45) is 10.3. The number of aliphatic imine (C=N–C) groups is 1. The summed E-state index contributed by atoms with van der Waals surface area (Å²) >= 11 is 0. The average molecular weight is 439 g/mol. The maximum atomic E-state index is 9.57. The average Bonchev–Trinajstić information content (AvgIpc) is 2.48. The van der Waals surface area contributed by atoms with E-state index in [1.165, 1.54) is 32.1 Å². The van der Waals surface area contributed by atoms with Crippen LogP contribution in [0, 0.1) is 5.92 Å². The second-order valence-corrected chi connectivity index (χ2v) is 7.01. The molecule has 0 atom stereocenters. The van der Waals surface area contributed by atoms with Crippen LogP contribution < -0.4 is 10.6 Å². The van der Waals surface area contributed by atoms with E-state index in [4.69, 9.17) is 4.99 Å². The van der Waals surface area contributed by atoms with E-state index in [1.807, 2.05) is 0 Å².